The van der Waals surface area contributed by atoms with Gasteiger partial charge >= 0.3 is 5.97 Å². The zero-order valence-electron chi connectivity index (χ0n) is 16.4. The lowest BCUT2D eigenvalue weighted by molar-refractivity contribution is -0.148. The van der Waals surface area contributed by atoms with Crippen molar-refractivity contribution in [1.29, 1.82) is 5.26 Å². The van der Waals surface area contributed by atoms with Crippen LogP contribution in [0.5, 0.6) is 0 Å². The number of hydrogen-bond acceptors (Lipinski definition) is 5. The van der Waals surface area contributed by atoms with Crippen molar-refractivity contribution in [2.75, 3.05) is 19.4 Å². The van der Waals surface area contributed by atoms with Gasteiger partial charge in [0.2, 0.25) is 0 Å². The Labute approximate surface area is 170 Å². The molecule has 144 valence electrons. The summed E-state index contributed by atoms with van der Waals surface area (Å²) in [7, 11) is 1.87. The summed E-state index contributed by atoms with van der Waals surface area (Å²) in [6, 6.07) is 20.1. The van der Waals surface area contributed by atoms with Crippen molar-refractivity contribution in [2.45, 2.75) is 25.8 Å². The molecule has 1 heterocycles. The summed E-state index contributed by atoms with van der Waals surface area (Å²) in [5.41, 5.74) is 3.83. The van der Waals surface area contributed by atoms with E-state index < -0.39 is 6.04 Å². The first kappa shape index (κ1) is 20.0. The average molecular weight is 393 g/mol. The molecule has 2 aromatic rings. The monoisotopic (exact) mass is 392 g/mol. The number of carbonyl (C=O) groups excluding carboxylic acids is 1. The Bertz CT molecular complexity index is 900. The molecule has 0 saturated heterocycles. The fraction of sp³-hybridized carbons (Fsp3) is 0.304. The second-order valence-electron chi connectivity index (χ2n) is 6.54. The topological polar surface area (TPSA) is 53.3 Å². The number of rotatable bonds is 6. The minimum absolute atomic E-state index is 0.290. The van der Waals surface area contributed by atoms with Gasteiger partial charge in [-0.3, -0.25) is 0 Å². The first-order chi connectivity index (χ1) is 13.6. The normalized spacial score (nSPS) is 18.9. The van der Waals surface area contributed by atoms with Crippen LogP contribution in [0.25, 0.3) is 11.1 Å². The van der Waals surface area contributed by atoms with Crippen LogP contribution in [0, 0.1) is 11.3 Å². The highest BCUT2D eigenvalue weighted by Gasteiger charge is 2.45. The molecule has 0 aliphatic carbocycles. The smallest absolute Gasteiger partial charge is 0.329 e. The number of nitrogens with zero attached hydrogens (tertiary/aromatic N) is 2. The van der Waals surface area contributed by atoms with Crippen LogP contribution in [0.4, 0.5) is 0 Å². The average Bonchev–Trinajstić information content (AvgIpc) is 3.01. The summed E-state index contributed by atoms with van der Waals surface area (Å²) < 4.78 is 5.33. The van der Waals surface area contributed by atoms with Gasteiger partial charge in [0, 0.05) is 7.05 Å². The summed E-state index contributed by atoms with van der Waals surface area (Å²) in [6.45, 7) is 4.17. The van der Waals surface area contributed by atoms with Crippen molar-refractivity contribution < 1.29 is 9.53 Å². The zero-order valence-corrected chi connectivity index (χ0v) is 17.2. The van der Waals surface area contributed by atoms with Crippen LogP contribution in [-0.2, 0) is 9.53 Å². The van der Waals surface area contributed by atoms with Crippen molar-refractivity contribution in [3.8, 4) is 17.2 Å². The molecule has 2 aromatic carbocycles. The number of nitriles is 1. The maximum atomic E-state index is 12.7. The molecule has 0 spiro atoms. The van der Waals surface area contributed by atoms with E-state index in [1.807, 2.05) is 61.3 Å². The molecule has 2 atom stereocenters. The molecular weight excluding hydrogens is 368 g/mol. The van der Waals surface area contributed by atoms with E-state index in [4.69, 9.17) is 4.74 Å². The molecule has 0 saturated carbocycles. The first-order valence-corrected chi connectivity index (χ1v) is 10.4. The van der Waals surface area contributed by atoms with Gasteiger partial charge in [-0.05, 0) is 29.4 Å². The number of esters is 1. The van der Waals surface area contributed by atoms with Crippen molar-refractivity contribution in [1.82, 2.24) is 4.90 Å². The molecule has 2 unspecified atom stereocenters. The Balaban J connectivity index is 2.02. The van der Waals surface area contributed by atoms with Gasteiger partial charge in [-0.15, -0.1) is 11.8 Å². The number of benzene rings is 2. The van der Waals surface area contributed by atoms with E-state index in [9.17, 15) is 10.1 Å². The molecule has 0 radical (unpaired) electrons. The molecular formula is C23H24N2O2S. The second-order valence-corrected chi connectivity index (χ2v) is 7.79. The quantitative estimate of drug-likeness (QED) is 0.661. The van der Waals surface area contributed by atoms with Gasteiger partial charge in [0.1, 0.15) is 6.04 Å². The summed E-state index contributed by atoms with van der Waals surface area (Å²) in [6.07, 6.45) is 0. The lowest BCUT2D eigenvalue weighted by atomic mass is 9.87. The van der Waals surface area contributed by atoms with Crippen LogP contribution in [0.2, 0.25) is 0 Å². The van der Waals surface area contributed by atoms with E-state index in [0.29, 0.717) is 12.2 Å². The van der Waals surface area contributed by atoms with Crippen LogP contribution >= 0.6 is 11.8 Å². The van der Waals surface area contributed by atoms with Gasteiger partial charge in [0.05, 0.1) is 29.2 Å². The third-order valence-corrected chi connectivity index (χ3v) is 5.97. The first-order valence-electron chi connectivity index (χ1n) is 9.44. The third-order valence-electron chi connectivity index (χ3n) is 4.90. The molecule has 0 bridgehead atoms. The van der Waals surface area contributed by atoms with Crippen LogP contribution in [0.1, 0.15) is 25.3 Å². The van der Waals surface area contributed by atoms with Crippen molar-refractivity contribution in [3.05, 3.63) is 70.8 Å². The highest BCUT2D eigenvalue weighted by atomic mass is 32.2. The van der Waals surface area contributed by atoms with E-state index in [1.54, 1.807) is 18.7 Å². The predicted molar refractivity (Wildman–Crippen MR) is 114 cm³/mol. The van der Waals surface area contributed by atoms with Gasteiger partial charge in [0.15, 0.2) is 0 Å². The van der Waals surface area contributed by atoms with Gasteiger partial charge in [-0.1, -0.05) is 61.5 Å². The van der Waals surface area contributed by atoms with Gasteiger partial charge < -0.3 is 9.64 Å². The fourth-order valence-electron chi connectivity index (χ4n) is 3.65. The number of hydrogen-bond donors (Lipinski definition) is 0. The molecule has 4 nitrogen and oxygen atoms in total. The van der Waals surface area contributed by atoms with Gasteiger partial charge in [-0.2, -0.15) is 5.26 Å². The summed E-state index contributed by atoms with van der Waals surface area (Å²) in [4.78, 5) is 14.6. The SMILES string of the molecule is CCOC(=O)C1C(c2ccc(-c3ccccc3)cc2)C(C#N)=C(SCC)N1C. The third kappa shape index (κ3) is 3.79. The zero-order chi connectivity index (χ0) is 20.1. The lowest BCUT2D eigenvalue weighted by Gasteiger charge is -2.26. The molecule has 0 aromatic heterocycles. The van der Waals surface area contributed by atoms with Crippen molar-refractivity contribution in [3.63, 3.8) is 0 Å². The molecule has 5 heteroatoms. The molecule has 1 aliphatic rings. The molecule has 28 heavy (non-hydrogen) atoms. The number of carbonyl (C=O) groups is 1. The van der Waals surface area contributed by atoms with E-state index in [-0.39, 0.29) is 11.9 Å². The van der Waals surface area contributed by atoms with E-state index in [0.717, 1.165) is 27.5 Å². The maximum absolute atomic E-state index is 12.7. The summed E-state index contributed by atoms with van der Waals surface area (Å²) in [5, 5.41) is 10.7. The fourth-order valence-corrected chi connectivity index (χ4v) is 4.57. The van der Waals surface area contributed by atoms with E-state index in [1.165, 1.54) is 0 Å². The number of ether oxygens (including phenoxy) is 1. The van der Waals surface area contributed by atoms with Crippen molar-refractivity contribution in [2.24, 2.45) is 0 Å². The van der Waals surface area contributed by atoms with E-state index >= 15 is 0 Å². The standard InChI is InChI=1S/C23H24N2O2S/c1-4-27-23(26)21-20(19(15-24)22(25(21)3)28-5-2)18-13-11-17(12-14-18)16-9-7-6-8-10-16/h6-14,20-21H,4-5H2,1-3H3. The minimum atomic E-state index is -0.522. The van der Waals surface area contributed by atoms with Crippen LogP contribution in [0.15, 0.2) is 65.2 Å². The minimum Gasteiger partial charge on any atom is -0.464 e. The highest BCUT2D eigenvalue weighted by Crippen LogP contribution is 2.44. The summed E-state index contributed by atoms with van der Waals surface area (Å²) in [5.74, 6) is 0.217. The van der Waals surface area contributed by atoms with Crippen molar-refractivity contribution >= 4 is 17.7 Å². The van der Waals surface area contributed by atoms with Crippen LogP contribution in [0.3, 0.4) is 0 Å². The summed E-state index contributed by atoms with van der Waals surface area (Å²) >= 11 is 1.59. The predicted octanol–water partition coefficient (Wildman–Crippen LogP) is 4.80. The Morgan fingerprint density at radius 3 is 2.32 bits per heavy atom. The lowest BCUT2D eigenvalue weighted by Crippen LogP contribution is -2.38. The molecule has 0 amide bonds. The highest BCUT2D eigenvalue weighted by molar-refractivity contribution is 8.03. The molecule has 0 N–H and O–H groups in total. The molecule has 0 fully saturated rings. The van der Waals surface area contributed by atoms with Crippen LogP contribution in [-0.4, -0.2) is 36.3 Å². The number of likely N-dealkylation sites (N-methyl/N-ethyl adjacent to an activating group) is 1. The molecule has 3 rings (SSSR count). The molecule has 1 aliphatic heterocycles. The largest absolute Gasteiger partial charge is 0.464 e. The van der Waals surface area contributed by atoms with Crippen LogP contribution < -0.4 is 0 Å². The Morgan fingerprint density at radius 2 is 1.75 bits per heavy atom. The van der Waals surface area contributed by atoms with Gasteiger partial charge in [-0.25, -0.2) is 4.79 Å². The Morgan fingerprint density at radius 1 is 1.11 bits per heavy atom. The maximum Gasteiger partial charge on any atom is 0.329 e. The Hall–Kier alpha value is -2.71. The van der Waals surface area contributed by atoms with E-state index in [2.05, 4.69) is 18.2 Å². The Kier molecular flexibility index (Phi) is 6.43. The number of thioether (sulfide) groups is 1. The van der Waals surface area contributed by atoms with Gasteiger partial charge in [0.25, 0.3) is 0 Å². The second kappa shape index (κ2) is 8.99.